The molecular weight excluding hydrogens is 492 g/mol. The zero-order chi connectivity index (χ0) is 16.7. The molecule has 1 aliphatic rings. The van der Waals surface area contributed by atoms with Crippen molar-refractivity contribution in [2.24, 2.45) is 10.4 Å². The summed E-state index contributed by atoms with van der Waals surface area (Å²) < 4.78 is 19.4. The number of hydrogen-bond donors (Lipinski definition) is 3. The highest BCUT2D eigenvalue weighted by molar-refractivity contribution is 14.0. The van der Waals surface area contributed by atoms with Crippen molar-refractivity contribution in [1.29, 1.82) is 0 Å². The van der Waals surface area contributed by atoms with E-state index in [0.29, 0.717) is 36.5 Å². The Morgan fingerprint density at radius 1 is 1.46 bits per heavy atom. The monoisotopic (exact) mass is 515 g/mol. The van der Waals surface area contributed by atoms with Crippen LogP contribution in [0.3, 0.4) is 0 Å². The topological polar surface area (TPSA) is 65.9 Å². The lowest BCUT2D eigenvalue weighted by atomic mass is 9.84. The van der Waals surface area contributed by atoms with Gasteiger partial charge in [-0.05, 0) is 46.5 Å². The van der Waals surface area contributed by atoms with Crippen molar-refractivity contribution < 1.29 is 14.2 Å². The number of aliphatic hydroxyl groups excluding tert-OH is 1. The van der Waals surface area contributed by atoms with Crippen molar-refractivity contribution in [3.05, 3.63) is 34.1 Å². The van der Waals surface area contributed by atoms with Gasteiger partial charge in [-0.3, -0.25) is 4.99 Å². The van der Waals surface area contributed by atoms with E-state index in [1.807, 2.05) is 6.07 Å². The number of nitrogens with one attached hydrogen (secondary N) is 2. The molecule has 1 aliphatic heterocycles. The molecule has 1 aromatic rings. The highest BCUT2D eigenvalue weighted by Gasteiger charge is 2.34. The van der Waals surface area contributed by atoms with E-state index in [1.54, 1.807) is 13.1 Å². The van der Waals surface area contributed by atoms with Crippen LogP contribution in [0, 0.1) is 11.2 Å². The summed E-state index contributed by atoms with van der Waals surface area (Å²) in [7, 11) is 1.70. The third-order valence-corrected chi connectivity index (χ3v) is 4.77. The summed E-state index contributed by atoms with van der Waals surface area (Å²) in [5.41, 5.74) is 0.790. The maximum Gasteiger partial charge on any atom is 0.191 e. The minimum Gasteiger partial charge on any atom is -0.396 e. The molecular formula is C16H24BrFIN3O2. The predicted molar refractivity (Wildman–Crippen MR) is 107 cm³/mol. The van der Waals surface area contributed by atoms with E-state index in [1.165, 1.54) is 6.07 Å². The first-order valence-corrected chi connectivity index (χ1v) is 8.45. The number of benzene rings is 1. The van der Waals surface area contributed by atoms with Gasteiger partial charge in [-0.1, -0.05) is 6.07 Å². The molecule has 0 aromatic heterocycles. The van der Waals surface area contributed by atoms with Crippen molar-refractivity contribution in [3.8, 4) is 0 Å². The van der Waals surface area contributed by atoms with Gasteiger partial charge in [0.05, 0.1) is 11.1 Å². The Balaban J connectivity index is 0.00000288. The van der Waals surface area contributed by atoms with Crippen LogP contribution in [0.1, 0.15) is 18.4 Å². The molecule has 0 amide bonds. The van der Waals surface area contributed by atoms with Gasteiger partial charge in [-0.2, -0.15) is 0 Å². The molecule has 1 atom stereocenters. The van der Waals surface area contributed by atoms with Crippen molar-refractivity contribution >= 4 is 45.9 Å². The van der Waals surface area contributed by atoms with E-state index in [2.05, 4.69) is 31.6 Å². The van der Waals surface area contributed by atoms with Crippen LogP contribution in [-0.4, -0.2) is 44.5 Å². The van der Waals surface area contributed by atoms with Gasteiger partial charge in [0.15, 0.2) is 5.96 Å². The SMILES string of the molecule is CN=C(NCc1ccc(Br)c(F)c1)NCC1(CCO)CCOC1.I. The van der Waals surface area contributed by atoms with Gasteiger partial charge in [0.1, 0.15) is 5.82 Å². The number of guanidine groups is 1. The minimum atomic E-state index is -0.280. The van der Waals surface area contributed by atoms with Crippen LogP contribution in [0.4, 0.5) is 4.39 Å². The van der Waals surface area contributed by atoms with Gasteiger partial charge >= 0.3 is 0 Å². The minimum absolute atomic E-state index is 0. The number of nitrogens with zero attached hydrogens (tertiary/aromatic N) is 1. The molecule has 8 heteroatoms. The molecule has 1 aromatic carbocycles. The summed E-state index contributed by atoms with van der Waals surface area (Å²) in [6.07, 6.45) is 1.63. The molecule has 1 heterocycles. The van der Waals surface area contributed by atoms with Crippen molar-refractivity contribution in [2.45, 2.75) is 19.4 Å². The van der Waals surface area contributed by atoms with Crippen molar-refractivity contribution in [1.82, 2.24) is 10.6 Å². The lowest BCUT2D eigenvalue weighted by Gasteiger charge is -2.27. The normalized spacial score (nSPS) is 20.6. The zero-order valence-corrected chi connectivity index (χ0v) is 17.6. The Morgan fingerprint density at radius 3 is 2.83 bits per heavy atom. The fourth-order valence-electron chi connectivity index (χ4n) is 2.64. The van der Waals surface area contributed by atoms with Gasteiger partial charge in [0, 0.05) is 38.8 Å². The molecule has 1 unspecified atom stereocenters. The molecule has 3 N–H and O–H groups in total. The van der Waals surface area contributed by atoms with Gasteiger partial charge in [0.25, 0.3) is 0 Å². The van der Waals surface area contributed by atoms with Gasteiger partial charge in [-0.15, -0.1) is 24.0 Å². The summed E-state index contributed by atoms with van der Waals surface area (Å²) in [5.74, 6) is 0.370. The second-order valence-corrected chi connectivity index (χ2v) is 6.66. The number of aliphatic hydroxyl groups is 1. The molecule has 5 nitrogen and oxygen atoms in total. The Bertz CT molecular complexity index is 554. The van der Waals surface area contributed by atoms with Crippen LogP contribution in [-0.2, 0) is 11.3 Å². The molecule has 0 bridgehead atoms. The number of aliphatic imine (C=N–C) groups is 1. The first-order chi connectivity index (χ1) is 11.1. The fraction of sp³-hybridized carbons (Fsp3) is 0.562. The van der Waals surface area contributed by atoms with E-state index < -0.39 is 0 Å². The van der Waals surface area contributed by atoms with E-state index in [4.69, 9.17) is 4.74 Å². The summed E-state index contributed by atoms with van der Waals surface area (Å²) in [6.45, 7) is 2.69. The standard InChI is InChI=1S/C16H23BrFN3O2.HI/c1-19-15(20-9-12-2-3-13(17)14(18)8-12)21-10-16(4-6-22)5-7-23-11-16;/h2-3,8,22H,4-7,9-11H2,1H3,(H2,19,20,21);1H. The molecule has 1 saturated heterocycles. The lowest BCUT2D eigenvalue weighted by molar-refractivity contribution is 0.127. The summed E-state index contributed by atoms with van der Waals surface area (Å²) in [4.78, 5) is 4.18. The maximum atomic E-state index is 13.5. The predicted octanol–water partition coefficient (Wildman–Crippen LogP) is 2.66. The first kappa shape index (κ1) is 21.6. The van der Waals surface area contributed by atoms with Crippen LogP contribution in [0.15, 0.2) is 27.7 Å². The molecule has 0 aliphatic carbocycles. The van der Waals surface area contributed by atoms with Gasteiger partial charge in [0.2, 0.25) is 0 Å². The third-order valence-electron chi connectivity index (χ3n) is 4.13. The fourth-order valence-corrected chi connectivity index (χ4v) is 2.89. The number of halogens is 3. The van der Waals surface area contributed by atoms with Gasteiger partial charge in [-0.25, -0.2) is 4.39 Å². The number of ether oxygens (including phenoxy) is 1. The molecule has 136 valence electrons. The Kier molecular flexibility index (Phi) is 9.47. The Hall–Kier alpha value is -0.450. The Morgan fingerprint density at radius 2 is 2.25 bits per heavy atom. The molecule has 0 spiro atoms. The van der Waals surface area contributed by atoms with Crippen LogP contribution in [0.25, 0.3) is 0 Å². The quantitative estimate of drug-likeness (QED) is 0.309. The van der Waals surface area contributed by atoms with Crippen LogP contribution in [0.5, 0.6) is 0 Å². The highest BCUT2D eigenvalue weighted by atomic mass is 127. The molecule has 24 heavy (non-hydrogen) atoms. The first-order valence-electron chi connectivity index (χ1n) is 7.66. The zero-order valence-electron chi connectivity index (χ0n) is 13.6. The number of rotatable bonds is 6. The average molecular weight is 516 g/mol. The maximum absolute atomic E-state index is 13.5. The second kappa shape index (κ2) is 10.5. The summed E-state index contributed by atoms with van der Waals surface area (Å²) in [5, 5.41) is 15.7. The molecule has 0 radical (unpaired) electrons. The van der Waals surface area contributed by atoms with Crippen LogP contribution in [0.2, 0.25) is 0 Å². The summed E-state index contributed by atoms with van der Waals surface area (Å²) in [6, 6.07) is 5.03. The van der Waals surface area contributed by atoms with Gasteiger partial charge < -0.3 is 20.5 Å². The van der Waals surface area contributed by atoms with E-state index in [-0.39, 0.29) is 41.8 Å². The van der Waals surface area contributed by atoms with E-state index in [0.717, 1.165) is 18.6 Å². The van der Waals surface area contributed by atoms with E-state index in [9.17, 15) is 9.50 Å². The van der Waals surface area contributed by atoms with Crippen molar-refractivity contribution in [2.75, 3.05) is 33.4 Å². The smallest absolute Gasteiger partial charge is 0.191 e. The van der Waals surface area contributed by atoms with Crippen molar-refractivity contribution in [3.63, 3.8) is 0 Å². The third kappa shape index (κ3) is 6.12. The average Bonchev–Trinajstić information content (AvgIpc) is 3.00. The lowest BCUT2D eigenvalue weighted by Crippen LogP contribution is -2.44. The van der Waals surface area contributed by atoms with Crippen LogP contribution < -0.4 is 10.6 Å². The molecule has 2 rings (SSSR count). The second-order valence-electron chi connectivity index (χ2n) is 5.80. The van der Waals surface area contributed by atoms with E-state index >= 15 is 0 Å². The largest absolute Gasteiger partial charge is 0.396 e. The summed E-state index contributed by atoms with van der Waals surface area (Å²) >= 11 is 3.14. The van der Waals surface area contributed by atoms with Crippen LogP contribution >= 0.6 is 39.9 Å². The number of hydrogen-bond acceptors (Lipinski definition) is 3. The molecule has 1 fully saturated rings. The molecule has 0 saturated carbocycles. The Labute approximate surface area is 167 Å². The highest BCUT2D eigenvalue weighted by Crippen LogP contribution is 2.31.